The standard InChI is InChI=1S/C18H27N3O2/c22-18(19-14-15-6-2-1-3-7-15)20-16-8-4-5-9-17(16)21-10-12-23-13-11-21/h4-5,8-9,15H,1-3,6-7,10-14H2,(H2,19,20,22). The van der Waals surface area contributed by atoms with E-state index in [4.69, 9.17) is 4.74 Å². The molecule has 0 bridgehead atoms. The third-order valence-corrected chi connectivity index (χ3v) is 4.78. The Kier molecular flexibility index (Phi) is 5.75. The van der Waals surface area contributed by atoms with Gasteiger partial charge in [-0.3, -0.25) is 0 Å². The molecule has 1 heterocycles. The fourth-order valence-corrected chi connectivity index (χ4v) is 3.45. The minimum Gasteiger partial charge on any atom is -0.378 e. The van der Waals surface area contributed by atoms with E-state index in [1.807, 2.05) is 18.2 Å². The number of carbonyl (C=O) groups is 1. The molecule has 5 nitrogen and oxygen atoms in total. The van der Waals surface area contributed by atoms with Crippen LogP contribution in [-0.4, -0.2) is 38.9 Å². The minimum absolute atomic E-state index is 0.101. The number of rotatable bonds is 4. The van der Waals surface area contributed by atoms with Gasteiger partial charge in [-0.2, -0.15) is 0 Å². The van der Waals surface area contributed by atoms with E-state index in [-0.39, 0.29) is 6.03 Å². The lowest BCUT2D eigenvalue weighted by Crippen LogP contribution is -2.38. The Morgan fingerprint density at radius 3 is 2.65 bits per heavy atom. The van der Waals surface area contributed by atoms with E-state index in [9.17, 15) is 4.79 Å². The van der Waals surface area contributed by atoms with Gasteiger partial charge in [0.15, 0.2) is 0 Å². The summed E-state index contributed by atoms with van der Waals surface area (Å²) in [5.41, 5.74) is 1.94. The molecular formula is C18H27N3O2. The largest absolute Gasteiger partial charge is 0.378 e. The number of nitrogens with zero attached hydrogens (tertiary/aromatic N) is 1. The Hall–Kier alpha value is -1.75. The molecule has 2 fully saturated rings. The molecule has 0 unspecified atom stereocenters. The van der Waals surface area contributed by atoms with Gasteiger partial charge in [0.2, 0.25) is 0 Å². The lowest BCUT2D eigenvalue weighted by molar-refractivity contribution is 0.123. The van der Waals surface area contributed by atoms with Crippen LogP contribution in [0.5, 0.6) is 0 Å². The van der Waals surface area contributed by atoms with Crippen LogP contribution in [0.1, 0.15) is 32.1 Å². The summed E-state index contributed by atoms with van der Waals surface area (Å²) in [6.45, 7) is 3.99. The lowest BCUT2D eigenvalue weighted by atomic mass is 9.89. The van der Waals surface area contributed by atoms with Gasteiger partial charge in [-0.1, -0.05) is 31.4 Å². The quantitative estimate of drug-likeness (QED) is 0.896. The Morgan fingerprint density at radius 2 is 1.87 bits per heavy atom. The van der Waals surface area contributed by atoms with Crippen molar-refractivity contribution in [1.82, 2.24) is 5.32 Å². The van der Waals surface area contributed by atoms with Crippen molar-refractivity contribution in [2.75, 3.05) is 43.1 Å². The van der Waals surface area contributed by atoms with Crippen LogP contribution in [0, 0.1) is 5.92 Å². The lowest BCUT2D eigenvalue weighted by Gasteiger charge is -2.30. The van der Waals surface area contributed by atoms with Crippen molar-refractivity contribution < 1.29 is 9.53 Å². The molecule has 1 saturated carbocycles. The van der Waals surface area contributed by atoms with Crippen LogP contribution in [0.15, 0.2) is 24.3 Å². The van der Waals surface area contributed by atoms with Crippen molar-refractivity contribution in [3.8, 4) is 0 Å². The number of urea groups is 1. The van der Waals surface area contributed by atoms with Gasteiger partial charge < -0.3 is 20.3 Å². The van der Waals surface area contributed by atoms with Crippen molar-refractivity contribution >= 4 is 17.4 Å². The van der Waals surface area contributed by atoms with Gasteiger partial charge in [0.05, 0.1) is 24.6 Å². The Morgan fingerprint density at radius 1 is 1.13 bits per heavy atom. The number of nitrogens with one attached hydrogen (secondary N) is 2. The number of amides is 2. The number of hydrogen-bond acceptors (Lipinski definition) is 3. The van der Waals surface area contributed by atoms with Crippen LogP contribution in [0.25, 0.3) is 0 Å². The molecule has 0 spiro atoms. The minimum atomic E-state index is -0.101. The van der Waals surface area contributed by atoms with Crippen LogP contribution >= 0.6 is 0 Å². The van der Waals surface area contributed by atoms with Crippen LogP contribution in [0.4, 0.5) is 16.2 Å². The second-order valence-corrected chi connectivity index (χ2v) is 6.46. The van der Waals surface area contributed by atoms with Gasteiger partial charge in [0.1, 0.15) is 0 Å². The number of benzene rings is 1. The first-order valence-electron chi connectivity index (χ1n) is 8.79. The highest BCUT2D eigenvalue weighted by atomic mass is 16.5. The maximum atomic E-state index is 12.2. The van der Waals surface area contributed by atoms with Crippen molar-refractivity contribution in [2.45, 2.75) is 32.1 Å². The molecule has 0 radical (unpaired) electrons. The normalized spacial score (nSPS) is 19.4. The maximum Gasteiger partial charge on any atom is 0.319 e. The summed E-state index contributed by atoms with van der Waals surface area (Å²) in [6, 6.07) is 7.89. The molecule has 1 saturated heterocycles. The molecule has 1 aliphatic heterocycles. The van der Waals surface area contributed by atoms with Crippen molar-refractivity contribution in [1.29, 1.82) is 0 Å². The molecule has 2 amide bonds. The van der Waals surface area contributed by atoms with E-state index in [1.165, 1.54) is 32.1 Å². The SMILES string of the molecule is O=C(NCC1CCCCC1)Nc1ccccc1N1CCOCC1. The van der Waals surface area contributed by atoms with E-state index in [1.54, 1.807) is 0 Å². The van der Waals surface area contributed by atoms with Gasteiger partial charge >= 0.3 is 6.03 Å². The number of anilines is 2. The van der Waals surface area contributed by atoms with Crippen molar-refractivity contribution in [3.63, 3.8) is 0 Å². The molecule has 2 N–H and O–H groups in total. The van der Waals surface area contributed by atoms with Gasteiger partial charge in [-0.15, -0.1) is 0 Å². The summed E-state index contributed by atoms with van der Waals surface area (Å²) in [5.74, 6) is 0.643. The number of morpholine rings is 1. The molecule has 2 aliphatic rings. The molecule has 1 aromatic rings. The second-order valence-electron chi connectivity index (χ2n) is 6.46. The number of hydrogen-bond donors (Lipinski definition) is 2. The number of carbonyl (C=O) groups excluding carboxylic acids is 1. The van der Waals surface area contributed by atoms with E-state index in [0.29, 0.717) is 5.92 Å². The molecule has 0 atom stereocenters. The first-order chi connectivity index (χ1) is 11.3. The Labute approximate surface area is 138 Å². The van der Waals surface area contributed by atoms with Crippen LogP contribution in [-0.2, 0) is 4.74 Å². The molecular weight excluding hydrogens is 290 g/mol. The van der Waals surface area contributed by atoms with Gasteiger partial charge in [-0.05, 0) is 30.9 Å². The third-order valence-electron chi connectivity index (χ3n) is 4.78. The second kappa shape index (κ2) is 8.20. The maximum absolute atomic E-state index is 12.2. The first kappa shape index (κ1) is 16.1. The summed E-state index contributed by atoms with van der Waals surface area (Å²) >= 11 is 0. The average molecular weight is 317 g/mol. The van der Waals surface area contributed by atoms with Gasteiger partial charge in [0, 0.05) is 19.6 Å². The fourth-order valence-electron chi connectivity index (χ4n) is 3.45. The van der Waals surface area contributed by atoms with Crippen molar-refractivity contribution in [3.05, 3.63) is 24.3 Å². The molecule has 126 valence electrons. The summed E-state index contributed by atoms with van der Waals surface area (Å²) in [4.78, 5) is 14.5. The molecule has 23 heavy (non-hydrogen) atoms. The zero-order valence-electron chi connectivity index (χ0n) is 13.7. The highest BCUT2D eigenvalue weighted by Crippen LogP contribution is 2.26. The Bertz CT molecular complexity index is 509. The number of ether oxygens (including phenoxy) is 1. The predicted molar refractivity (Wildman–Crippen MR) is 93.1 cm³/mol. The summed E-state index contributed by atoms with van der Waals surface area (Å²) in [5, 5.41) is 6.05. The average Bonchev–Trinajstić information content (AvgIpc) is 2.62. The molecule has 1 aromatic carbocycles. The molecule has 0 aromatic heterocycles. The highest BCUT2D eigenvalue weighted by Gasteiger charge is 2.17. The third kappa shape index (κ3) is 4.61. The monoisotopic (exact) mass is 317 g/mol. The van der Waals surface area contributed by atoms with E-state index < -0.39 is 0 Å². The van der Waals surface area contributed by atoms with E-state index in [0.717, 1.165) is 44.2 Å². The zero-order chi connectivity index (χ0) is 15.9. The smallest absolute Gasteiger partial charge is 0.319 e. The van der Waals surface area contributed by atoms with Gasteiger partial charge in [-0.25, -0.2) is 4.79 Å². The molecule has 5 heteroatoms. The van der Waals surface area contributed by atoms with E-state index in [2.05, 4.69) is 21.6 Å². The van der Waals surface area contributed by atoms with Crippen LogP contribution in [0.3, 0.4) is 0 Å². The molecule has 1 aliphatic carbocycles. The Balaban J connectivity index is 1.55. The highest BCUT2D eigenvalue weighted by molar-refractivity contribution is 5.93. The summed E-state index contributed by atoms with van der Waals surface area (Å²) in [7, 11) is 0. The topological polar surface area (TPSA) is 53.6 Å². The fraction of sp³-hybridized carbons (Fsp3) is 0.611. The first-order valence-corrected chi connectivity index (χ1v) is 8.79. The van der Waals surface area contributed by atoms with Crippen LogP contribution in [0.2, 0.25) is 0 Å². The number of para-hydroxylation sites is 2. The van der Waals surface area contributed by atoms with Crippen LogP contribution < -0.4 is 15.5 Å². The summed E-state index contributed by atoms with van der Waals surface area (Å²) < 4.78 is 5.41. The van der Waals surface area contributed by atoms with E-state index >= 15 is 0 Å². The molecule has 3 rings (SSSR count). The summed E-state index contributed by atoms with van der Waals surface area (Å²) in [6.07, 6.45) is 6.42. The van der Waals surface area contributed by atoms with Gasteiger partial charge in [0.25, 0.3) is 0 Å². The van der Waals surface area contributed by atoms with Crippen molar-refractivity contribution in [2.24, 2.45) is 5.92 Å². The predicted octanol–water partition coefficient (Wildman–Crippen LogP) is 3.23. The zero-order valence-corrected chi connectivity index (χ0v) is 13.7.